The summed E-state index contributed by atoms with van der Waals surface area (Å²) in [5.74, 6) is -0.313. The van der Waals surface area contributed by atoms with Gasteiger partial charge in [-0.25, -0.2) is 0 Å². The average molecular weight is 341 g/mol. The zero-order chi connectivity index (χ0) is 13.8. The summed E-state index contributed by atoms with van der Waals surface area (Å²) in [6.07, 6.45) is 0. The summed E-state index contributed by atoms with van der Waals surface area (Å²) < 4.78 is 0.928. The van der Waals surface area contributed by atoms with Crippen LogP contribution in [-0.2, 0) is 6.54 Å². The minimum Gasteiger partial charge on any atom is -0.508 e. The minimum atomic E-state index is -0.323. The number of benzene rings is 2. The van der Waals surface area contributed by atoms with Gasteiger partial charge in [-0.3, -0.25) is 4.79 Å². The van der Waals surface area contributed by atoms with E-state index in [0.717, 1.165) is 10.0 Å². The van der Waals surface area contributed by atoms with Crippen molar-refractivity contribution in [1.82, 2.24) is 5.32 Å². The molecule has 3 nitrogen and oxygen atoms in total. The quantitative estimate of drug-likeness (QED) is 0.894. The SMILES string of the molecule is O=C(NCc1ccccc1Br)c1cc(O)ccc1Cl. The van der Waals surface area contributed by atoms with E-state index >= 15 is 0 Å². The zero-order valence-electron chi connectivity index (χ0n) is 9.86. The predicted molar refractivity (Wildman–Crippen MR) is 78.4 cm³/mol. The molecule has 0 spiro atoms. The molecule has 2 aromatic carbocycles. The van der Waals surface area contributed by atoms with Crippen molar-refractivity contribution in [2.24, 2.45) is 0 Å². The molecular weight excluding hydrogens is 330 g/mol. The summed E-state index contributed by atoms with van der Waals surface area (Å²) in [4.78, 5) is 12.0. The van der Waals surface area contributed by atoms with E-state index in [-0.39, 0.29) is 17.2 Å². The number of carbonyl (C=O) groups is 1. The van der Waals surface area contributed by atoms with Crippen LogP contribution in [0.4, 0.5) is 0 Å². The van der Waals surface area contributed by atoms with E-state index in [1.807, 2.05) is 24.3 Å². The van der Waals surface area contributed by atoms with Crippen LogP contribution in [0, 0.1) is 0 Å². The Morgan fingerprint density at radius 1 is 1.26 bits per heavy atom. The van der Waals surface area contributed by atoms with Crippen molar-refractivity contribution in [1.29, 1.82) is 0 Å². The molecule has 0 bridgehead atoms. The minimum absolute atomic E-state index is 0.00967. The first-order valence-electron chi connectivity index (χ1n) is 5.58. The van der Waals surface area contributed by atoms with Crippen molar-refractivity contribution in [2.75, 3.05) is 0 Å². The van der Waals surface area contributed by atoms with Crippen LogP contribution in [0.1, 0.15) is 15.9 Å². The van der Waals surface area contributed by atoms with E-state index in [0.29, 0.717) is 11.6 Å². The lowest BCUT2D eigenvalue weighted by Crippen LogP contribution is -2.23. The molecule has 0 unspecified atom stereocenters. The third kappa shape index (κ3) is 3.49. The number of phenolic OH excluding ortho intramolecular Hbond substituents is 1. The van der Waals surface area contributed by atoms with Gasteiger partial charge in [0.2, 0.25) is 0 Å². The molecule has 0 fully saturated rings. The second-order valence-corrected chi connectivity index (χ2v) is 5.20. The topological polar surface area (TPSA) is 49.3 Å². The molecule has 0 saturated carbocycles. The maximum atomic E-state index is 12.0. The molecular formula is C14H11BrClNO2. The normalized spacial score (nSPS) is 10.2. The lowest BCUT2D eigenvalue weighted by Gasteiger charge is -2.08. The van der Waals surface area contributed by atoms with Gasteiger partial charge in [0.25, 0.3) is 5.91 Å². The lowest BCUT2D eigenvalue weighted by atomic mass is 10.2. The van der Waals surface area contributed by atoms with E-state index in [1.54, 1.807) is 0 Å². The fourth-order valence-electron chi connectivity index (χ4n) is 1.60. The van der Waals surface area contributed by atoms with Crippen LogP contribution in [0.2, 0.25) is 5.02 Å². The van der Waals surface area contributed by atoms with Gasteiger partial charge in [0.1, 0.15) is 5.75 Å². The first-order chi connectivity index (χ1) is 9.08. The van der Waals surface area contributed by atoms with Crippen LogP contribution in [0.5, 0.6) is 5.75 Å². The van der Waals surface area contributed by atoms with Crippen molar-refractivity contribution in [3.8, 4) is 5.75 Å². The monoisotopic (exact) mass is 339 g/mol. The lowest BCUT2D eigenvalue weighted by molar-refractivity contribution is 0.0950. The van der Waals surface area contributed by atoms with Crippen molar-refractivity contribution >= 4 is 33.4 Å². The van der Waals surface area contributed by atoms with Gasteiger partial charge in [-0.2, -0.15) is 0 Å². The predicted octanol–water partition coefficient (Wildman–Crippen LogP) is 3.74. The van der Waals surface area contributed by atoms with Crippen molar-refractivity contribution < 1.29 is 9.90 Å². The van der Waals surface area contributed by atoms with Gasteiger partial charge in [0, 0.05) is 11.0 Å². The molecule has 98 valence electrons. The summed E-state index contributed by atoms with van der Waals surface area (Å²) in [6.45, 7) is 0.381. The van der Waals surface area contributed by atoms with Gasteiger partial charge in [-0.15, -0.1) is 0 Å². The number of phenols is 1. The second-order valence-electron chi connectivity index (χ2n) is 3.94. The second kappa shape index (κ2) is 6.08. The number of hydrogen-bond acceptors (Lipinski definition) is 2. The summed E-state index contributed by atoms with van der Waals surface area (Å²) in [5, 5.41) is 12.4. The molecule has 0 aliphatic rings. The van der Waals surface area contributed by atoms with Gasteiger partial charge in [0.15, 0.2) is 0 Å². The highest BCUT2D eigenvalue weighted by molar-refractivity contribution is 9.10. The molecule has 0 radical (unpaired) electrons. The fourth-order valence-corrected chi connectivity index (χ4v) is 2.23. The number of aromatic hydroxyl groups is 1. The van der Waals surface area contributed by atoms with Crippen LogP contribution in [-0.4, -0.2) is 11.0 Å². The highest BCUT2D eigenvalue weighted by Gasteiger charge is 2.11. The Balaban J connectivity index is 2.10. The Morgan fingerprint density at radius 3 is 2.74 bits per heavy atom. The number of amides is 1. The van der Waals surface area contributed by atoms with Crippen molar-refractivity contribution in [3.05, 3.63) is 63.1 Å². The standard InChI is InChI=1S/C14H11BrClNO2/c15-12-4-2-1-3-9(12)8-17-14(19)11-7-10(18)5-6-13(11)16/h1-7,18H,8H2,(H,17,19). The van der Waals surface area contributed by atoms with Gasteiger partial charge in [-0.1, -0.05) is 45.7 Å². The molecule has 0 atom stereocenters. The third-order valence-electron chi connectivity index (χ3n) is 2.59. The van der Waals surface area contributed by atoms with E-state index in [9.17, 15) is 9.90 Å². The number of nitrogens with one attached hydrogen (secondary N) is 1. The van der Waals surface area contributed by atoms with Gasteiger partial charge in [0.05, 0.1) is 10.6 Å². The van der Waals surface area contributed by atoms with Crippen LogP contribution in [0.3, 0.4) is 0 Å². The molecule has 2 rings (SSSR count). The Kier molecular flexibility index (Phi) is 4.45. The largest absolute Gasteiger partial charge is 0.508 e. The summed E-state index contributed by atoms with van der Waals surface area (Å²) in [6, 6.07) is 11.9. The van der Waals surface area contributed by atoms with E-state index in [2.05, 4.69) is 21.2 Å². The van der Waals surface area contributed by atoms with Crippen LogP contribution in [0.25, 0.3) is 0 Å². The molecule has 0 aliphatic heterocycles. The van der Waals surface area contributed by atoms with Gasteiger partial charge in [-0.05, 0) is 29.8 Å². The van der Waals surface area contributed by atoms with Crippen molar-refractivity contribution in [3.63, 3.8) is 0 Å². The Labute approximate surface area is 124 Å². The maximum absolute atomic E-state index is 12.0. The van der Waals surface area contributed by atoms with Crippen LogP contribution < -0.4 is 5.32 Å². The first-order valence-corrected chi connectivity index (χ1v) is 6.75. The van der Waals surface area contributed by atoms with Crippen molar-refractivity contribution in [2.45, 2.75) is 6.54 Å². The fraction of sp³-hybridized carbons (Fsp3) is 0.0714. The molecule has 1 amide bonds. The molecule has 0 aromatic heterocycles. The smallest absolute Gasteiger partial charge is 0.253 e. The summed E-state index contributed by atoms with van der Waals surface area (Å²) >= 11 is 9.33. The highest BCUT2D eigenvalue weighted by Crippen LogP contribution is 2.21. The number of halogens is 2. The number of rotatable bonds is 3. The summed E-state index contributed by atoms with van der Waals surface area (Å²) in [5.41, 5.74) is 1.22. The number of hydrogen-bond donors (Lipinski definition) is 2. The van der Waals surface area contributed by atoms with E-state index < -0.39 is 0 Å². The molecule has 2 aromatic rings. The highest BCUT2D eigenvalue weighted by atomic mass is 79.9. The zero-order valence-corrected chi connectivity index (χ0v) is 12.2. The molecule has 19 heavy (non-hydrogen) atoms. The number of carbonyl (C=O) groups excluding carboxylic acids is 1. The third-order valence-corrected chi connectivity index (χ3v) is 3.70. The Hall–Kier alpha value is -1.52. The van der Waals surface area contributed by atoms with E-state index in [4.69, 9.17) is 11.6 Å². The van der Waals surface area contributed by atoms with Gasteiger partial charge >= 0.3 is 0 Å². The van der Waals surface area contributed by atoms with Crippen LogP contribution >= 0.6 is 27.5 Å². The average Bonchev–Trinajstić information content (AvgIpc) is 2.40. The molecule has 5 heteroatoms. The molecule has 0 heterocycles. The Morgan fingerprint density at radius 2 is 2.00 bits per heavy atom. The molecule has 0 saturated heterocycles. The van der Waals surface area contributed by atoms with Crippen LogP contribution in [0.15, 0.2) is 46.9 Å². The van der Waals surface area contributed by atoms with E-state index in [1.165, 1.54) is 18.2 Å². The maximum Gasteiger partial charge on any atom is 0.253 e. The first kappa shape index (κ1) is 13.9. The summed E-state index contributed by atoms with van der Waals surface area (Å²) in [7, 11) is 0. The van der Waals surface area contributed by atoms with Gasteiger partial charge < -0.3 is 10.4 Å². The Bertz CT molecular complexity index is 616. The molecule has 2 N–H and O–H groups in total. The molecule has 0 aliphatic carbocycles.